The quantitative estimate of drug-likeness (QED) is 0.497. The molecule has 2 N–H and O–H groups in total. The van der Waals surface area contributed by atoms with Crippen molar-refractivity contribution >= 4 is 5.91 Å². The summed E-state index contributed by atoms with van der Waals surface area (Å²) in [6, 6.07) is 0. The van der Waals surface area contributed by atoms with E-state index in [9.17, 15) is 4.79 Å². The predicted octanol–water partition coefficient (Wildman–Crippen LogP) is -0.235. The first kappa shape index (κ1) is 14.3. The van der Waals surface area contributed by atoms with E-state index in [2.05, 4.69) is 17.6 Å². The number of rotatable bonds is 10. The van der Waals surface area contributed by atoms with Crippen LogP contribution >= 0.6 is 0 Å². The SMILES string of the molecule is CCNCCCNC(=O)COCCOC. The largest absolute Gasteiger partial charge is 0.382 e. The van der Waals surface area contributed by atoms with Gasteiger partial charge >= 0.3 is 0 Å². The van der Waals surface area contributed by atoms with Gasteiger partial charge in [0.1, 0.15) is 6.61 Å². The smallest absolute Gasteiger partial charge is 0.246 e. The molecule has 0 aliphatic heterocycles. The fourth-order valence-electron chi connectivity index (χ4n) is 0.976. The van der Waals surface area contributed by atoms with Gasteiger partial charge in [0.15, 0.2) is 0 Å². The summed E-state index contributed by atoms with van der Waals surface area (Å²) >= 11 is 0. The Morgan fingerprint density at radius 2 is 2.07 bits per heavy atom. The van der Waals surface area contributed by atoms with Crippen LogP contribution in [0.3, 0.4) is 0 Å². The Hall–Kier alpha value is -0.650. The van der Waals surface area contributed by atoms with Crippen molar-refractivity contribution in [3.63, 3.8) is 0 Å². The first-order valence-electron chi connectivity index (χ1n) is 5.35. The molecule has 0 aliphatic rings. The maximum Gasteiger partial charge on any atom is 0.246 e. The van der Waals surface area contributed by atoms with Crippen LogP contribution in [0.2, 0.25) is 0 Å². The Morgan fingerprint density at radius 3 is 2.73 bits per heavy atom. The molecule has 1 amide bonds. The van der Waals surface area contributed by atoms with E-state index in [1.54, 1.807) is 7.11 Å². The summed E-state index contributed by atoms with van der Waals surface area (Å²) in [6.45, 7) is 5.75. The van der Waals surface area contributed by atoms with Crippen molar-refractivity contribution < 1.29 is 14.3 Å². The molecular weight excluding hydrogens is 196 g/mol. The van der Waals surface area contributed by atoms with Gasteiger partial charge in [-0.25, -0.2) is 0 Å². The summed E-state index contributed by atoms with van der Waals surface area (Å²) in [5.41, 5.74) is 0. The van der Waals surface area contributed by atoms with Crippen LogP contribution in [0.1, 0.15) is 13.3 Å². The Labute approximate surface area is 91.5 Å². The monoisotopic (exact) mass is 218 g/mol. The first-order valence-corrected chi connectivity index (χ1v) is 5.35. The lowest BCUT2D eigenvalue weighted by Gasteiger charge is -2.06. The molecule has 0 saturated carbocycles. The molecule has 0 saturated heterocycles. The van der Waals surface area contributed by atoms with Crippen molar-refractivity contribution in [1.82, 2.24) is 10.6 Å². The minimum atomic E-state index is -0.0670. The third kappa shape index (κ3) is 11.3. The summed E-state index contributed by atoms with van der Waals surface area (Å²) in [5.74, 6) is -0.0670. The Kier molecular flexibility index (Phi) is 10.9. The maximum atomic E-state index is 11.1. The zero-order chi connectivity index (χ0) is 11.4. The molecule has 5 nitrogen and oxygen atoms in total. The van der Waals surface area contributed by atoms with Gasteiger partial charge in [-0.2, -0.15) is 0 Å². The number of hydrogen-bond donors (Lipinski definition) is 2. The van der Waals surface area contributed by atoms with Crippen LogP contribution in [-0.4, -0.2) is 52.5 Å². The molecule has 0 rings (SSSR count). The molecule has 5 heteroatoms. The van der Waals surface area contributed by atoms with E-state index in [0.29, 0.717) is 19.8 Å². The van der Waals surface area contributed by atoms with Crippen molar-refractivity contribution in [2.45, 2.75) is 13.3 Å². The van der Waals surface area contributed by atoms with Crippen LogP contribution in [0.15, 0.2) is 0 Å². The number of amides is 1. The van der Waals surface area contributed by atoms with E-state index < -0.39 is 0 Å². The van der Waals surface area contributed by atoms with Gasteiger partial charge in [0.2, 0.25) is 5.91 Å². The average molecular weight is 218 g/mol. The molecule has 0 unspecified atom stereocenters. The van der Waals surface area contributed by atoms with E-state index in [1.807, 2.05) is 0 Å². The second-order valence-corrected chi connectivity index (χ2v) is 3.10. The Morgan fingerprint density at radius 1 is 1.27 bits per heavy atom. The highest BCUT2D eigenvalue weighted by molar-refractivity contribution is 5.77. The molecule has 0 bridgehead atoms. The molecule has 0 radical (unpaired) electrons. The molecule has 90 valence electrons. The summed E-state index contributed by atoms with van der Waals surface area (Å²) in [5, 5.41) is 5.96. The fraction of sp³-hybridized carbons (Fsp3) is 0.900. The zero-order valence-electron chi connectivity index (χ0n) is 9.67. The van der Waals surface area contributed by atoms with E-state index in [4.69, 9.17) is 9.47 Å². The van der Waals surface area contributed by atoms with Gasteiger partial charge in [0, 0.05) is 13.7 Å². The first-order chi connectivity index (χ1) is 7.31. The molecule has 0 spiro atoms. The van der Waals surface area contributed by atoms with Crippen LogP contribution in [0.4, 0.5) is 0 Å². The van der Waals surface area contributed by atoms with Crippen molar-refractivity contribution in [2.75, 3.05) is 46.6 Å². The van der Waals surface area contributed by atoms with E-state index in [-0.39, 0.29) is 12.5 Å². The molecule has 0 aliphatic carbocycles. The fourth-order valence-corrected chi connectivity index (χ4v) is 0.976. The lowest BCUT2D eigenvalue weighted by atomic mass is 10.4. The van der Waals surface area contributed by atoms with E-state index in [1.165, 1.54) is 0 Å². The maximum absolute atomic E-state index is 11.1. The second-order valence-electron chi connectivity index (χ2n) is 3.10. The average Bonchev–Trinajstić information content (AvgIpc) is 2.24. The molecule has 0 heterocycles. The van der Waals surface area contributed by atoms with Crippen molar-refractivity contribution in [1.29, 1.82) is 0 Å². The normalized spacial score (nSPS) is 10.3. The van der Waals surface area contributed by atoms with Gasteiger partial charge in [-0.3, -0.25) is 4.79 Å². The number of carbonyl (C=O) groups excluding carboxylic acids is 1. The third-order valence-electron chi connectivity index (χ3n) is 1.77. The van der Waals surface area contributed by atoms with Crippen LogP contribution in [0.25, 0.3) is 0 Å². The second kappa shape index (κ2) is 11.4. The van der Waals surface area contributed by atoms with Crippen molar-refractivity contribution in [3.8, 4) is 0 Å². The molecule has 15 heavy (non-hydrogen) atoms. The van der Waals surface area contributed by atoms with Crippen LogP contribution in [0.5, 0.6) is 0 Å². The van der Waals surface area contributed by atoms with Crippen molar-refractivity contribution in [2.24, 2.45) is 0 Å². The summed E-state index contributed by atoms with van der Waals surface area (Å²) < 4.78 is 9.85. The highest BCUT2D eigenvalue weighted by atomic mass is 16.5. The summed E-state index contributed by atoms with van der Waals surface area (Å²) in [4.78, 5) is 11.1. The minimum absolute atomic E-state index is 0.0670. The Bertz CT molecular complexity index is 154. The van der Waals surface area contributed by atoms with E-state index >= 15 is 0 Å². The van der Waals surface area contributed by atoms with Crippen LogP contribution < -0.4 is 10.6 Å². The molecule has 0 atom stereocenters. The minimum Gasteiger partial charge on any atom is -0.382 e. The number of ether oxygens (including phenoxy) is 2. The zero-order valence-corrected chi connectivity index (χ0v) is 9.67. The van der Waals surface area contributed by atoms with Gasteiger partial charge in [0.05, 0.1) is 13.2 Å². The lowest BCUT2D eigenvalue weighted by molar-refractivity contribution is -0.126. The number of methoxy groups -OCH3 is 1. The summed E-state index contributed by atoms with van der Waals surface area (Å²) in [7, 11) is 1.60. The van der Waals surface area contributed by atoms with Gasteiger partial charge in [0.25, 0.3) is 0 Å². The van der Waals surface area contributed by atoms with Crippen LogP contribution in [0, 0.1) is 0 Å². The molecule has 0 aromatic carbocycles. The van der Waals surface area contributed by atoms with Gasteiger partial charge in [-0.15, -0.1) is 0 Å². The van der Waals surface area contributed by atoms with Gasteiger partial charge in [-0.05, 0) is 19.5 Å². The summed E-state index contributed by atoms with van der Waals surface area (Å²) in [6.07, 6.45) is 0.942. The molecule has 0 aromatic heterocycles. The highest BCUT2D eigenvalue weighted by Gasteiger charge is 1.99. The number of carbonyl (C=O) groups is 1. The number of hydrogen-bond acceptors (Lipinski definition) is 4. The standard InChI is InChI=1S/C10H22N2O3/c1-3-11-5-4-6-12-10(13)9-15-8-7-14-2/h11H,3-9H2,1-2H3,(H,12,13). The number of nitrogens with one attached hydrogen (secondary N) is 2. The van der Waals surface area contributed by atoms with Gasteiger partial charge < -0.3 is 20.1 Å². The highest BCUT2D eigenvalue weighted by Crippen LogP contribution is 1.78. The topological polar surface area (TPSA) is 59.6 Å². The Balaban J connectivity index is 3.11. The van der Waals surface area contributed by atoms with E-state index in [0.717, 1.165) is 19.5 Å². The van der Waals surface area contributed by atoms with Crippen molar-refractivity contribution in [3.05, 3.63) is 0 Å². The van der Waals surface area contributed by atoms with Gasteiger partial charge in [-0.1, -0.05) is 6.92 Å². The third-order valence-corrected chi connectivity index (χ3v) is 1.77. The lowest BCUT2D eigenvalue weighted by Crippen LogP contribution is -2.30. The molecule has 0 aromatic rings. The molecule has 0 fully saturated rings. The molecular formula is C10H22N2O3. The predicted molar refractivity (Wildman–Crippen MR) is 58.9 cm³/mol. The van der Waals surface area contributed by atoms with Crippen LogP contribution in [-0.2, 0) is 14.3 Å².